The largest absolute Gasteiger partial charge is 0.353 e. The van der Waals surface area contributed by atoms with Gasteiger partial charge in [0.15, 0.2) is 6.29 Å². The minimum absolute atomic E-state index is 0.0805. The molecule has 0 bridgehead atoms. The van der Waals surface area contributed by atoms with Crippen LogP contribution in [-0.2, 0) is 16.0 Å². The molecule has 146 valence electrons. The van der Waals surface area contributed by atoms with E-state index in [1.54, 1.807) is 12.1 Å². The summed E-state index contributed by atoms with van der Waals surface area (Å²) in [5.74, 6) is -0.243. The molecule has 1 saturated heterocycles. The molecule has 0 radical (unpaired) electrons. The second-order valence-corrected chi connectivity index (χ2v) is 7.05. The molecule has 27 heavy (non-hydrogen) atoms. The smallest absolute Gasteiger partial charge is 0.157 e. The van der Waals surface area contributed by atoms with Gasteiger partial charge in [0.25, 0.3) is 0 Å². The molecule has 2 N–H and O–H groups in total. The van der Waals surface area contributed by atoms with Gasteiger partial charge in [-0.15, -0.1) is 0 Å². The zero-order chi connectivity index (χ0) is 18.9. The third kappa shape index (κ3) is 6.70. The zero-order valence-electron chi connectivity index (χ0n) is 15.7. The summed E-state index contributed by atoms with van der Waals surface area (Å²) < 4.78 is 24.7. The van der Waals surface area contributed by atoms with Crippen LogP contribution in [0.15, 0.2) is 54.6 Å². The van der Waals surface area contributed by atoms with Crippen molar-refractivity contribution in [1.29, 1.82) is 0 Å². The van der Waals surface area contributed by atoms with Gasteiger partial charge < -0.3 is 15.2 Å². The lowest BCUT2D eigenvalue weighted by atomic mass is 10.1. The van der Waals surface area contributed by atoms with E-state index in [0.717, 1.165) is 44.5 Å². The Morgan fingerprint density at radius 1 is 1.11 bits per heavy atom. The first kappa shape index (κ1) is 20.0. The van der Waals surface area contributed by atoms with Gasteiger partial charge in [-0.05, 0) is 42.5 Å². The molecular formula is C22H29FN2O2. The van der Waals surface area contributed by atoms with Gasteiger partial charge in [-0.25, -0.2) is 4.39 Å². The van der Waals surface area contributed by atoms with Crippen molar-refractivity contribution in [3.05, 3.63) is 71.5 Å². The van der Waals surface area contributed by atoms with Crippen molar-refractivity contribution in [2.45, 2.75) is 38.1 Å². The molecule has 0 spiro atoms. The van der Waals surface area contributed by atoms with Gasteiger partial charge >= 0.3 is 0 Å². The van der Waals surface area contributed by atoms with Crippen LogP contribution in [0, 0.1) is 5.82 Å². The standard InChI is InChI=1S/C22H29FN2O2/c23-20-11-9-19(10-12-20)21(24)17-25(16-18-6-2-1-3-7-18)13-15-27-22-8-4-5-14-26-22/h1-3,6-7,9-12,21-22H,4-5,8,13-17,24H2. The number of ether oxygens (including phenoxy) is 2. The second-order valence-electron chi connectivity index (χ2n) is 7.05. The number of nitrogens with two attached hydrogens (primary N) is 1. The van der Waals surface area contributed by atoms with Gasteiger partial charge in [0, 0.05) is 32.3 Å². The minimum Gasteiger partial charge on any atom is -0.353 e. The van der Waals surface area contributed by atoms with Crippen LogP contribution in [0.5, 0.6) is 0 Å². The molecule has 0 amide bonds. The Hall–Kier alpha value is -1.79. The Kier molecular flexibility index (Phi) is 7.78. The maximum Gasteiger partial charge on any atom is 0.157 e. The summed E-state index contributed by atoms with van der Waals surface area (Å²) in [6, 6.07) is 16.6. The summed E-state index contributed by atoms with van der Waals surface area (Å²) in [5, 5.41) is 0. The lowest BCUT2D eigenvalue weighted by Crippen LogP contribution is -2.35. The molecule has 5 heteroatoms. The highest BCUT2D eigenvalue weighted by atomic mass is 19.1. The Bertz CT molecular complexity index is 660. The SMILES string of the molecule is NC(CN(CCOC1CCCCO1)Cc1ccccc1)c1ccc(F)cc1. The van der Waals surface area contributed by atoms with E-state index >= 15 is 0 Å². The molecule has 3 rings (SSSR count). The molecule has 0 aromatic heterocycles. The van der Waals surface area contributed by atoms with E-state index < -0.39 is 0 Å². The Morgan fingerprint density at radius 3 is 2.59 bits per heavy atom. The summed E-state index contributed by atoms with van der Waals surface area (Å²) >= 11 is 0. The van der Waals surface area contributed by atoms with E-state index in [1.165, 1.54) is 17.7 Å². The van der Waals surface area contributed by atoms with Gasteiger partial charge in [-0.3, -0.25) is 4.90 Å². The Balaban J connectivity index is 1.57. The lowest BCUT2D eigenvalue weighted by Gasteiger charge is -2.28. The summed E-state index contributed by atoms with van der Waals surface area (Å²) in [5.41, 5.74) is 8.55. The van der Waals surface area contributed by atoms with Crippen LogP contribution in [0.3, 0.4) is 0 Å². The van der Waals surface area contributed by atoms with Crippen molar-refractivity contribution in [3.8, 4) is 0 Å². The highest BCUT2D eigenvalue weighted by Gasteiger charge is 2.16. The van der Waals surface area contributed by atoms with Crippen LogP contribution >= 0.6 is 0 Å². The molecular weight excluding hydrogens is 343 g/mol. The first-order chi connectivity index (χ1) is 13.2. The maximum absolute atomic E-state index is 13.2. The van der Waals surface area contributed by atoms with Crippen molar-refractivity contribution in [3.63, 3.8) is 0 Å². The van der Waals surface area contributed by atoms with Gasteiger partial charge in [-0.1, -0.05) is 42.5 Å². The second kappa shape index (κ2) is 10.5. The fourth-order valence-corrected chi connectivity index (χ4v) is 3.33. The lowest BCUT2D eigenvalue weighted by molar-refractivity contribution is -0.164. The van der Waals surface area contributed by atoms with Crippen molar-refractivity contribution >= 4 is 0 Å². The fraction of sp³-hybridized carbons (Fsp3) is 0.455. The van der Waals surface area contributed by atoms with Gasteiger partial charge in [0.05, 0.1) is 6.61 Å². The molecule has 1 aliphatic heterocycles. The van der Waals surface area contributed by atoms with Gasteiger partial charge in [0.1, 0.15) is 5.82 Å². The number of benzene rings is 2. The van der Waals surface area contributed by atoms with E-state index in [1.807, 2.05) is 18.2 Å². The number of halogens is 1. The van der Waals surface area contributed by atoms with E-state index in [9.17, 15) is 4.39 Å². The van der Waals surface area contributed by atoms with Crippen molar-refractivity contribution in [2.75, 3.05) is 26.3 Å². The summed E-state index contributed by atoms with van der Waals surface area (Å²) in [6.45, 7) is 3.63. The highest BCUT2D eigenvalue weighted by Crippen LogP contribution is 2.16. The monoisotopic (exact) mass is 372 g/mol. The number of nitrogens with zero attached hydrogens (tertiary/aromatic N) is 1. The normalized spacial score (nSPS) is 18.6. The number of hydrogen-bond acceptors (Lipinski definition) is 4. The van der Waals surface area contributed by atoms with Crippen molar-refractivity contribution in [1.82, 2.24) is 4.90 Å². The molecule has 1 heterocycles. The third-order valence-corrected chi connectivity index (χ3v) is 4.85. The van der Waals surface area contributed by atoms with Crippen LogP contribution in [-0.4, -0.2) is 37.5 Å². The average molecular weight is 372 g/mol. The minimum atomic E-state index is -0.243. The molecule has 1 fully saturated rings. The van der Waals surface area contributed by atoms with Gasteiger partial charge in [-0.2, -0.15) is 0 Å². The van der Waals surface area contributed by atoms with Crippen LogP contribution < -0.4 is 5.73 Å². The average Bonchev–Trinajstić information content (AvgIpc) is 2.70. The topological polar surface area (TPSA) is 47.7 Å². The Labute approximate surface area is 161 Å². The summed E-state index contributed by atoms with van der Waals surface area (Å²) in [4.78, 5) is 2.28. The van der Waals surface area contributed by atoms with Crippen molar-refractivity contribution in [2.24, 2.45) is 5.73 Å². The van der Waals surface area contributed by atoms with Crippen LogP contribution in [0.2, 0.25) is 0 Å². The molecule has 2 unspecified atom stereocenters. The fourth-order valence-electron chi connectivity index (χ4n) is 3.33. The first-order valence-electron chi connectivity index (χ1n) is 9.71. The van der Waals surface area contributed by atoms with Gasteiger partial charge in [0.2, 0.25) is 0 Å². The molecule has 0 aliphatic carbocycles. The maximum atomic E-state index is 13.2. The quantitative estimate of drug-likeness (QED) is 0.726. The van der Waals surface area contributed by atoms with E-state index in [4.69, 9.17) is 15.2 Å². The molecule has 2 aromatic rings. The zero-order valence-corrected chi connectivity index (χ0v) is 15.7. The Morgan fingerprint density at radius 2 is 1.89 bits per heavy atom. The highest BCUT2D eigenvalue weighted by molar-refractivity contribution is 5.20. The summed E-state index contributed by atoms with van der Waals surface area (Å²) in [6.07, 6.45) is 3.16. The molecule has 2 aromatic carbocycles. The number of hydrogen-bond donors (Lipinski definition) is 1. The van der Waals surface area contributed by atoms with E-state index in [2.05, 4.69) is 17.0 Å². The van der Waals surface area contributed by atoms with Crippen LogP contribution in [0.4, 0.5) is 4.39 Å². The first-order valence-corrected chi connectivity index (χ1v) is 9.71. The molecule has 4 nitrogen and oxygen atoms in total. The molecule has 1 aliphatic rings. The van der Waals surface area contributed by atoms with E-state index in [0.29, 0.717) is 13.2 Å². The molecule has 0 saturated carbocycles. The van der Waals surface area contributed by atoms with E-state index in [-0.39, 0.29) is 18.1 Å². The number of rotatable bonds is 9. The van der Waals surface area contributed by atoms with Crippen molar-refractivity contribution < 1.29 is 13.9 Å². The summed E-state index contributed by atoms with van der Waals surface area (Å²) in [7, 11) is 0. The molecule has 2 atom stereocenters. The van der Waals surface area contributed by atoms with Crippen LogP contribution in [0.1, 0.15) is 36.4 Å². The predicted molar refractivity (Wildman–Crippen MR) is 105 cm³/mol. The third-order valence-electron chi connectivity index (χ3n) is 4.85. The van der Waals surface area contributed by atoms with Crippen LogP contribution in [0.25, 0.3) is 0 Å². The predicted octanol–water partition coefficient (Wildman–Crippen LogP) is 3.87.